The third-order valence-electron chi connectivity index (χ3n) is 2.38. The van der Waals surface area contributed by atoms with Gasteiger partial charge in [-0.15, -0.1) is 0 Å². The molecular weight excluding hydrogens is 206 g/mol. The molecule has 0 aliphatic rings. The molecule has 16 heavy (non-hydrogen) atoms. The minimum Gasteiger partial charge on any atom is -0.396 e. The lowest BCUT2D eigenvalue weighted by Gasteiger charge is -2.11. The van der Waals surface area contributed by atoms with Crippen molar-refractivity contribution in [3.63, 3.8) is 0 Å². The fourth-order valence-electron chi connectivity index (χ4n) is 1.77. The van der Waals surface area contributed by atoms with Gasteiger partial charge in [0.05, 0.1) is 12.8 Å². The van der Waals surface area contributed by atoms with Gasteiger partial charge in [-0.2, -0.15) is 4.98 Å². The molecule has 86 valence electrons. The number of nitrogens with two attached hydrogens (primary N) is 1. The van der Waals surface area contributed by atoms with Crippen LogP contribution in [0.4, 0.5) is 5.95 Å². The topological polar surface area (TPSA) is 89.8 Å². The number of hydrogen-bond acceptors (Lipinski definition) is 5. The Kier molecular flexibility index (Phi) is 2.74. The summed E-state index contributed by atoms with van der Waals surface area (Å²) in [6.07, 6.45) is 2.12. The molecule has 2 aromatic rings. The molecule has 0 bridgehead atoms. The normalized spacial score (nSPS) is 11.5. The van der Waals surface area contributed by atoms with Crippen LogP contribution < -0.4 is 5.73 Å². The van der Waals surface area contributed by atoms with Crippen LogP contribution in [0.3, 0.4) is 0 Å². The highest BCUT2D eigenvalue weighted by atomic mass is 16.3. The summed E-state index contributed by atoms with van der Waals surface area (Å²) in [5.74, 6) is 1.05. The first kappa shape index (κ1) is 10.8. The smallest absolute Gasteiger partial charge is 0.222 e. The second-order valence-electron chi connectivity index (χ2n) is 3.90. The molecule has 3 N–H and O–H groups in total. The summed E-state index contributed by atoms with van der Waals surface area (Å²) < 4.78 is 1.98. The van der Waals surface area contributed by atoms with Crippen molar-refractivity contribution in [3.05, 3.63) is 12.0 Å². The first-order valence-corrected chi connectivity index (χ1v) is 5.23. The van der Waals surface area contributed by atoms with E-state index in [4.69, 9.17) is 10.8 Å². The van der Waals surface area contributed by atoms with Crippen LogP contribution in [-0.2, 0) is 6.42 Å². The molecule has 2 heterocycles. The molecule has 0 saturated carbocycles. The van der Waals surface area contributed by atoms with Crippen LogP contribution >= 0.6 is 0 Å². The van der Waals surface area contributed by atoms with Crippen LogP contribution in [0.1, 0.15) is 25.7 Å². The third kappa shape index (κ3) is 1.71. The molecule has 6 nitrogen and oxygen atoms in total. The second kappa shape index (κ2) is 4.05. The van der Waals surface area contributed by atoms with E-state index in [1.807, 2.05) is 18.4 Å². The van der Waals surface area contributed by atoms with E-state index in [1.54, 1.807) is 6.20 Å². The maximum atomic E-state index is 8.99. The summed E-state index contributed by atoms with van der Waals surface area (Å²) in [6.45, 7) is 4.15. The van der Waals surface area contributed by atoms with E-state index in [9.17, 15) is 0 Å². The zero-order valence-corrected chi connectivity index (χ0v) is 9.38. The van der Waals surface area contributed by atoms with Crippen molar-refractivity contribution >= 4 is 17.1 Å². The molecule has 2 aromatic heterocycles. The van der Waals surface area contributed by atoms with Gasteiger partial charge in [-0.25, -0.2) is 9.97 Å². The molecule has 0 radical (unpaired) electrons. The monoisotopic (exact) mass is 221 g/mol. The van der Waals surface area contributed by atoms with E-state index < -0.39 is 0 Å². The molecule has 0 aromatic carbocycles. The van der Waals surface area contributed by atoms with Crippen LogP contribution in [0.2, 0.25) is 0 Å². The Hall–Kier alpha value is -1.69. The van der Waals surface area contributed by atoms with Crippen molar-refractivity contribution in [2.75, 3.05) is 12.3 Å². The summed E-state index contributed by atoms with van der Waals surface area (Å²) in [6, 6.07) is 0.223. The zero-order chi connectivity index (χ0) is 11.7. The van der Waals surface area contributed by atoms with Crippen LogP contribution in [0.15, 0.2) is 6.20 Å². The second-order valence-corrected chi connectivity index (χ2v) is 3.90. The predicted molar refractivity (Wildman–Crippen MR) is 60.9 cm³/mol. The van der Waals surface area contributed by atoms with E-state index >= 15 is 0 Å². The number of anilines is 1. The van der Waals surface area contributed by atoms with Crippen LogP contribution in [0.25, 0.3) is 11.2 Å². The standard InChI is InChI=1S/C10H15N5O/c1-6(2)15-8(3-4-16)13-7-5-12-10(11)14-9(7)15/h5-6,16H,3-4H2,1-2H3,(H2,11,12,14). The average molecular weight is 221 g/mol. The van der Waals surface area contributed by atoms with E-state index in [1.165, 1.54) is 0 Å². The number of hydrogen-bond donors (Lipinski definition) is 2. The maximum Gasteiger partial charge on any atom is 0.222 e. The van der Waals surface area contributed by atoms with E-state index in [-0.39, 0.29) is 18.6 Å². The molecule has 0 fully saturated rings. The maximum absolute atomic E-state index is 8.99. The van der Waals surface area contributed by atoms with E-state index in [0.717, 1.165) is 11.5 Å². The largest absolute Gasteiger partial charge is 0.396 e. The molecule has 0 aliphatic carbocycles. The van der Waals surface area contributed by atoms with Crippen molar-refractivity contribution in [2.45, 2.75) is 26.3 Å². The summed E-state index contributed by atoms with van der Waals surface area (Å²) in [5.41, 5.74) is 7.01. The molecule has 0 saturated heterocycles. The highest BCUT2D eigenvalue weighted by Gasteiger charge is 2.14. The Morgan fingerprint density at radius 3 is 2.81 bits per heavy atom. The molecule has 0 unspecified atom stereocenters. The Bertz CT molecular complexity index is 505. The Balaban J connectivity index is 2.67. The number of nitrogen functional groups attached to an aromatic ring is 1. The third-order valence-corrected chi connectivity index (χ3v) is 2.38. The van der Waals surface area contributed by atoms with Gasteiger partial charge in [-0.3, -0.25) is 0 Å². The molecular formula is C10H15N5O. The fraction of sp³-hybridized carbons (Fsp3) is 0.500. The van der Waals surface area contributed by atoms with Crippen molar-refractivity contribution < 1.29 is 5.11 Å². The first-order valence-electron chi connectivity index (χ1n) is 5.23. The van der Waals surface area contributed by atoms with Crippen LogP contribution in [-0.4, -0.2) is 31.2 Å². The number of imidazole rings is 1. The number of aliphatic hydroxyl groups excluding tert-OH is 1. The molecule has 0 amide bonds. The van der Waals surface area contributed by atoms with Gasteiger partial charge in [0.15, 0.2) is 5.65 Å². The number of nitrogens with zero attached hydrogens (tertiary/aromatic N) is 4. The molecule has 6 heteroatoms. The molecule has 0 aliphatic heterocycles. The fourth-order valence-corrected chi connectivity index (χ4v) is 1.77. The average Bonchev–Trinajstić information content (AvgIpc) is 2.55. The number of rotatable bonds is 3. The summed E-state index contributed by atoms with van der Waals surface area (Å²) in [4.78, 5) is 12.5. The van der Waals surface area contributed by atoms with Crippen molar-refractivity contribution in [1.82, 2.24) is 19.5 Å². The number of fused-ring (bicyclic) bond motifs is 1. The summed E-state index contributed by atoms with van der Waals surface area (Å²) in [7, 11) is 0. The van der Waals surface area contributed by atoms with Gasteiger partial charge in [-0.1, -0.05) is 0 Å². The highest BCUT2D eigenvalue weighted by Crippen LogP contribution is 2.19. The Morgan fingerprint density at radius 1 is 1.44 bits per heavy atom. The van der Waals surface area contributed by atoms with Gasteiger partial charge in [0, 0.05) is 12.5 Å². The molecule has 2 rings (SSSR count). The van der Waals surface area contributed by atoms with Crippen molar-refractivity contribution in [3.8, 4) is 0 Å². The van der Waals surface area contributed by atoms with E-state index in [0.29, 0.717) is 11.9 Å². The Labute approximate surface area is 93.1 Å². The Morgan fingerprint density at radius 2 is 2.19 bits per heavy atom. The van der Waals surface area contributed by atoms with Gasteiger partial charge in [0.1, 0.15) is 11.3 Å². The lowest BCUT2D eigenvalue weighted by atomic mass is 10.3. The minimum atomic E-state index is 0.0684. The highest BCUT2D eigenvalue weighted by molar-refractivity contribution is 5.71. The van der Waals surface area contributed by atoms with Crippen LogP contribution in [0.5, 0.6) is 0 Å². The summed E-state index contributed by atoms with van der Waals surface area (Å²) in [5, 5.41) is 8.99. The van der Waals surface area contributed by atoms with Crippen molar-refractivity contribution in [2.24, 2.45) is 0 Å². The van der Waals surface area contributed by atoms with Crippen molar-refractivity contribution in [1.29, 1.82) is 0 Å². The van der Waals surface area contributed by atoms with Gasteiger partial charge < -0.3 is 15.4 Å². The molecule has 0 atom stereocenters. The van der Waals surface area contributed by atoms with Gasteiger partial charge >= 0.3 is 0 Å². The minimum absolute atomic E-state index is 0.0684. The molecule has 0 spiro atoms. The quantitative estimate of drug-likeness (QED) is 0.788. The van der Waals surface area contributed by atoms with E-state index in [2.05, 4.69) is 15.0 Å². The van der Waals surface area contributed by atoms with Gasteiger partial charge in [0.2, 0.25) is 5.95 Å². The summed E-state index contributed by atoms with van der Waals surface area (Å²) >= 11 is 0. The zero-order valence-electron chi connectivity index (χ0n) is 9.38. The van der Waals surface area contributed by atoms with Gasteiger partial charge in [-0.05, 0) is 13.8 Å². The number of aliphatic hydroxyl groups is 1. The van der Waals surface area contributed by atoms with Gasteiger partial charge in [0.25, 0.3) is 0 Å². The van der Waals surface area contributed by atoms with Crippen LogP contribution in [0, 0.1) is 0 Å². The number of aromatic nitrogens is 4. The lowest BCUT2D eigenvalue weighted by molar-refractivity contribution is 0.294. The SMILES string of the molecule is CC(C)n1c(CCO)nc2cnc(N)nc21. The lowest BCUT2D eigenvalue weighted by Crippen LogP contribution is -2.09. The first-order chi connectivity index (χ1) is 7.63. The predicted octanol–water partition coefficient (Wildman–Crippen LogP) is 0.524.